The monoisotopic (exact) mass is 379 g/mol. The Balaban J connectivity index is 2.70. The summed E-state index contributed by atoms with van der Waals surface area (Å²) >= 11 is 3.17. The number of benzene rings is 1. The third kappa shape index (κ3) is 6.40. The highest BCUT2D eigenvalue weighted by Gasteiger charge is 2.15. The van der Waals surface area contributed by atoms with E-state index in [-0.39, 0.29) is 17.1 Å². The summed E-state index contributed by atoms with van der Waals surface area (Å²) in [6.07, 6.45) is 0.458. The molecule has 0 aliphatic heterocycles. The van der Waals surface area contributed by atoms with E-state index >= 15 is 0 Å². The van der Waals surface area contributed by atoms with Crippen molar-refractivity contribution < 1.29 is 13.3 Å². The highest BCUT2D eigenvalue weighted by Crippen LogP contribution is 2.27. The Labute approximate surface area is 132 Å². The predicted molar refractivity (Wildman–Crippen MR) is 86.0 cm³/mol. The molecule has 0 fully saturated rings. The van der Waals surface area contributed by atoms with Crippen molar-refractivity contribution in [3.05, 3.63) is 32.8 Å². The van der Waals surface area contributed by atoms with Gasteiger partial charge >= 0.3 is 0 Å². The van der Waals surface area contributed by atoms with Gasteiger partial charge in [-0.25, -0.2) is 8.42 Å². The molecule has 1 aromatic rings. The standard InChI is InChI=1S/C12H18BrN3O4S/c1-9(2)14-6-3-7-21(19,20)15-12-8-10(16(17)18)4-5-11(12)13/h4-5,8-9,14-15H,3,6-7H2,1-2H3. The fourth-order valence-corrected chi connectivity index (χ4v) is 3.18. The van der Waals surface area contributed by atoms with Gasteiger partial charge in [0.05, 0.1) is 16.4 Å². The number of rotatable bonds is 8. The van der Waals surface area contributed by atoms with Crippen LogP contribution in [0.15, 0.2) is 22.7 Å². The zero-order chi connectivity index (χ0) is 16.0. The molecule has 0 atom stereocenters. The Morgan fingerprint density at radius 2 is 2.05 bits per heavy atom. The number of anilines is 1. The molecule has 0 saturated heterocycles. The summed E-state index contributed by atoms with van der Waals surface area (Å²) in [5, 5.41) is 13.8. The molecule has 7 nitrogen and oxygen atoms in total. The maximum Gasteiger partial charge on any atom is 0.271 e. The molecular formula is C12H18BrN3O4S. The van der Waals surface area contributed by atoms with Crippen LogP contribution in [-0.2, 0) is 10.0 Å². The number of nitrogens with zero attached hydrogens (tertiary/aromatic N) is 1. The topological polar surface area (TPSA) is 101 Å². The van der Waals surface area contributed by atoms with Gasteiger partial charge < -0.3 is 5.32 Å². The molecule has 0 radical (unpaired) electrons. The molecule has 0 saturated carbocycles. The van der Waals surface area contributed by atoms with Gasteiger partial charge in [0.2, 0.25) is 10.0 Å². The summed E-state index contributed by atoms with van der Waals surface area (Å²) in [7, 11) is -3.54. The average molecular weight is 380 g/mol. The molecule has 0 spiro atoms. The molecule has 0 aliphatic carbocycles. The second-order valence-corrected chi connectivity index (χ2v) is 7.50. The Morgan fingerprint density at radius 1 is 1.38 bits per heavy atom. The minimum atomic E-state index is -3.54. The van der Waals surface area contributed by atoms with Gasteiger partial charge in [0.1, 0.15) is 0 Å². The number of halogens is 1. The van der Waals surface area contributed by atoms with Crippen molar-refractivity contribution in [2.75, 3.05) is 17.0 Å². The molecule has 1 aromatic carbocycles. The van der Waals surface area contributed by atoms with Crippen LogP contribution >= 0.6 is 15.9 Å². The van der Waals surface area contributed by atoms with Crippen LogP contribution in [0.3, 0.4) is 0 Å². The molecule has 1 rings (SSSR count). The van der Waals surface area contributed by atoms with Crippen molar-refractivity contribution >= 4 is 37.3 Å². The normalized spacial score (nSPS) is 11.6. The molecule has 2 N–H and O–H groups in total. The molecular weight excluding hydrogens is 362 g/mol. The van der Waals surface area contributed by atoms with Gasteiger partial charge in [0.15, 0.2) is 0 Å². The lowest BCUT2D eigenvalue weighted by Crippen LogP contribution is -2.26. The van der Waals surface area contributed by atoms with Gasteiger partial charge in [-0.15, -0.1) is 0 Å². The molecule has 0 aromatic heterocycles. The van der Waals surface area contributed by atoms with Crippen LogP contribution in [0.5, 0.6) is 0 Å². The molecule has 0 amide bonds. The summed E-state index contributed by atoms with van der Waals surface area (Å²) in [4.78, 5) is 10.1. The quantitative estimate of drug-likeness (QED) is 0.410. The van der Waals surface area contributed by atoms with Crippen molar-refractivity contribution in [1.29, 1.82) is 0 Å². The lowest BCUT2D eigenvalue weighted by atomic mass is 10.3. The Bertz CT molecular complexity index is 605. The third-order valence-electron chi connectivity index (χ3n) is 2.57. The van der Waals surface area contributed by atoms with E-state index in [1.54, 1.807) is 0 Å². The van der Waals surface area contributed by atoms with E-state index in [1.807, 2.05) is 13.8 Å². The fraction of sp³-hybridized carbons (Fsp3) is 0.500. The van der Waals surface area contributed by atoms with E-state index < -0.39 is 14.9 Å². The maximum absolute atomic E-state index is 11.9. The number of hydrogen-bond acceptors (Lipinski definition) is 5. The molecule has 118 valence electrons. The van der Waals surface area contributed by atoms with Gasteiger partial charge in [-0.05, 0) is 35.0 Å². The largest absolute Gasteiger partial charge is 0.314 e. The van der Waals surface area contributed by atoms with E-state index in [0.717, 1.165) is 0 Å². The number of nitro groups is 1. The molecule has 0 unspecified atom stereocenters. The Kier molecular flexibility index (Phi) is 6.56. The molecule has 0 heterocycles. The van der Waals surface area contributed by atoms with Gasteiger partial charge in [-0.2, -0.15) is 0 Å². The van der Waals surface area contributed by atoms with Crippen LogP contribution in [0, 0.1) is 10.1 Å². The van der Waals surface area contributed by atoms with E-state index in [9.17, 15) is 18.5 Å². The van der Waals surface area contributed by atoms with Crippen molar-refractivity contribution in [3.8, 4) is 0 Å². The smallest absolute Gasteiger partial charge is 0.271 e. The first kappa shape index (κ1) is 17.9. The zero-order valence-electron chi connectivity index (χ0n) is 11.8. The summed E-state index contributed by atoms with van der Waals surface area (Å²) in [6, 6.07) is 4.23. The van der Waals surface area contributed by atoms with E-state index in [2.05, 4.69) is 26.0 Å². The van der Waals surface area contributed by atoms with Crippen molar-refractivity contribution in [2.24, 2.45) is 0 Å². The van der Waals surface area contributed by atoms with Crippen molar-refractivity contribution in [2.45, 2.75) is 26.3 Å². The number of nitro benzene ring substituents is 1. The second kappa shape index (κ2) is 7.71. The number of hydrogen-bond donors (Lipinski definition) is 2. The lowest BCUT2D eigenvalue weighted by molar-refractivity contribution is -0.384. The maximum atomic E-state index is 11.9. The number of sulfonamides is 1. The second-order valence-electron chi connectivity index (χ2n) is 4.80. The third-order valence-corrected chi connectivity index (χ3v) is 4.62. The van der Waals surface area contributed by atoms with Gasteiger partial charge in [0, 0.05) is 22.6 Å². The fourth-order valence-electron chi connectivity index (χ4n) is 1.58. The Hall–Kier alpha value is -1.19. The highest BCUT2D eigenvalue weighted by molar-refractivity contribution is 9.10. The lowest BCUT2D eigenvalue weighted by Gasteiger charge is -2.11. The average Bonchev–Trinajstić information content (AvgIpc) is 2.36. The summed E-state index contributed by atoms with van der Waals surface area (Å²) in [6.45, 7) is 4.55. The Morgan fingerprint density at radius 3 is 2.62 bits per heavy atom. The van der Waals surface area contributed by atoms with Crippen LogP contribution in [0.25, 0.3) is 0 Å². The molecule has 9 heteroatoms. The summed E-state index contributed by atoms with van der Waals surface area (Å²) < 4.78 is 26.7. The van der Waals surface area contributed by atoms with Crippen LogP contribution in [0.4, 0.5) is 11.4 Å². The van der Waals surface area contributed by atoms with Crippen LogP contribution in [0.1, 0.15) is 20.3 Å². The van der Waals surface area contributed by atoms with Crippen LogP contribution in [0.2, 0.25) is 0 Å². The van der Waals surface area contributed by atoms with E-state index in [1.165, 1.54) is 18.2 Å². The predicted octanol–water partition coefficient (Wildman–Crippen LogP) is 2.49. The van der Waals surface area contributed by atoms with Crippen molar-refractivity contribution in [1.82, 2.24) is 5.32 Å². The molecule has 0 bridgehead atoms. The number of nitrogens with one attached hydrogen (secondary N) is 2. The summed E-state index contributed by atoms with van der Waals surface area (Å²) in [5.41, 5.74) is -0.00149. The highest BCUT2D eigenvalue weighted by atomic mass is 79.9. The minimum absolute atomic E-state index is 0.0537. The molecule has 0 aliphatic rings. The van der Waals surface area contributed by atoms with Gasteiger partial charge in [0.25, 0.3) is 5.69 Å². The number of non-ortho nitro benzene ring substituents is 1. The first-order valence-corrected chi connectivity index (χ1v) is 8.83. The summed E-state index contributed by atoms with van der Waals surface area (Å²) in [5.74, 6) is -0.0537. The first-order chi connectivity index (χ1) is 9.71. The zero-order valence-corrected chi connectivity index (χ0v) is 14.2. The van der Waals surface area contributed by atoms with Crippen LogP contribution < -0.4 is 10.0 Å². The van der Waals surface area contributed by atoms with Crippen molar-refractivity contribution in [3.63, 3.8) is 0 Å². The minimum Gasteiger partial charge on any atom is -0.314 e. The van der Waals surface area contributed by atoms with Crippen LogP contribution in [-0.4, -0.2) is 31.7 Å². The van der Waals surface area contributed by atoms with E-state index in [4.69, 9.17) is 0 Å². The SMILES string of the molecule is CC(C)NCCCS(=O)(=O)Nc1cc([N+](=O)[O-])ccc1Br. The van der Waals surface area contributed by atoms with Gasteiger partial charge in [-0.1, -0.05) is 13.8 Å². The first-order valence-electron chi connectivity index (χ1n) is 6.39. The van der Waals surface area contributed by atoms with Gasteiger partial charge in [-0.3, -0.25) is 14.8 Å². The molecule has 21 heavy (non-hydrogen) atoms. The van der Waals surface area contributed by atoms with E-state index in [0.29, 0.717) is 23.5 Å².